The van der Waals surface area contributed by atoms with Gasteiger partial charge in [-0.2, -0.15) is 13.2 Å². The number of halogens is 3. The molecule has 0 bridgehead atoms. The molecule has 2 aromatic heterocycles. The average molecular weight is 373 g/mol. The number of alkyl halides is 3. The van der Waals surface area contributed by atoms with Crippen molar-refractivity contribution >= 4 is 28.3 Å². The zero-order chi connectivity index (χ0) is 17.9. The SMILES string of the molecule is O=C(CN1CCN(c2ncccn2)CC1)Nc1nnc(C(F)(F)F)s1. The average Bonchev–Trinajstić information content (AvgIpc) is 3.05. The number of amides is 1. The Balaban J connectivity index is 1.47. The molecule has 2 aromatic rings. The van der Waals surface area contributed by atoms with Gasteiger partial charge in [-0.1, -0.05) is 11.3 Å². The second kappa shape index (κ2) is 7.27. The van der Waals surface area contributed by atoms with Gasteiger partial charge in [0.2, 0.25) is 22.0 Å². The summed E-state index contributed by atoms with van der Waals surface area (Å²) in [6.07, 6.45) is -1.23. The van der Waals surface area contributed by atoms with Crippen LogP contribution < -0.4 is 10.2 Å². The predicted octanol–water partition coefficient (Wildman–Crippen LogP) is 1.11. The number of nitrogens with zero attached hydrogens (tertiary/aromatic N) is 6. The van der Waals surface area contributed by atoms with E-state index >= 15 is 0 Å². The second-order valence-electron chi connectivity index (χ2n) is 5.27. The van der Waals surface area contributed by atoms with Gasteiger partial charge in [0.25, 0.3) is 0 Å². The summed E-state index contributed by atoms with van der Waals surface area (Å²) in [6.45, 7) is 2.64. The lowest BCUT2D eigenvalue weighted by molar-refractivity contribution is -0.138. The van der Waals surface area contributed by atoms with Crippen molar-refractivity contribution < 1.29 is 18.0 Å². The van der Waals surface area contributed by atoms with Crippen LogP contribution in [0.4, 0.5) is 24.3 Å². The number of hydrogen-bond donors (Lipinski definition) is 1. The number of anilines is 2. The lowest BCUT2D eigenvalue weighted by atomic mass is 10.3. The summed E-state index contributed by atoms with van der Waals surface area (Å²) in [5.74, 6) is 0.217. The Labute approximate surface area is 144 Å². The number of carbonyl (C=O) groups excluding carboxylic acids is 1. The molecule has 1 N–H and O–H groups in total. The van der Waals surface area contributed by atoms with Crippen molar-refractivity contribution in [3.63, 3.8) is 0 Å². The van der Waals surface area contributed by atoms with Gasteiger partial charge in [-0.25, -0.2) is 9.97 Å². The van der Waals surface area contributed by atoms with Crippen molar-refractivity contribution in [2.45, 2.75) is 6.18 Å². The van der Waals surface area contributed by atoms with Crippen molar-refractivity contribution in [1.82, 2.24) is 25.1 Å². The van der Waals surface area contributed by atoms with Crippen molar-refractivity contribution in [2.24, 2.45) is 0 Å². The molecule has 8 nitrogen and oxygen atoms in total. The Bertz CT molecular complexity index is 716. The molecule has 0 unspecified atom stereocenters. The summed E-state index contributed by atoms with van der Waals surface area (Å²) >= 11 is 0.305. The third-order valence-corrected chi connectivity index (χ3v) is 4.37. The predicted molar refractivity (Wildman–Crippen MR) is 84.2 cm³/mol. The molecule has 0 saturated carbocycles. The Morgan fingerprint density at radius 1 is 1.16 bits per heavy atom. The lowest BCUT2D eigenvalue weighted by Gasteiger charge is -2.34. The molecule has 25 heavy (non-hydrogen) atoms. The first-order valence-electron chi connectivity index (χ1n) is 7.37. The third-order valence-electron chi connectivity index (χ3n) is 3.49. The first-order chi connectivity index (χ1) is 11.9. The zero-order valence-corrected chi connectivity index (χ0v) is 13.7. The quantitative estimate of drug-likeness (QED) is 0.859. The molecule has 0 atom stereocenters. The topological polar surface area (TPSA) is 87.1 Å². The van der Waals surface area contributed by atoms with E-state index in [0.717, 1.165) is 0 Å². The van der Waals surface area contributed by atoms with Crippen LogP contribution in [0.15, 0.2) is 18.5 Å². The minimum Gasteiger partial charge on any atom is -0.338 e. The molecule has 1 amide bonds. The summed E-state index contributed by atoms with van der Waals surface area (Å²) in [6, 6.07) is 1.74. The summed E-state index contributed by atoms with van der Waals surface area (Å²) in [5, 5.41) is 7.47. The Morgan fingerprint density at radius 2 is 1.84 bits per heavy atom. The van der Waals surface area contributed by atoms with Crippen molar-refractivity contribution in [1.29, 1.82) is 0 Å². The number of hydrogen-bond acceptors (Lipinski definition) is 8. The molecule has 12 heteroatoms. The van der Waals surface area contributed by atoms with E-state index in [1.165, 1.54) is 0 Å². The fourth-order valence-electron chi connectivity index (χ4n) is 2.31. The van der Waals surface area contributed by atoms with E-state index in [1.807, 2.05) is 9.80 Å². The highest BCUT2D eigenvalue weighted by atomic mass is 32.1. The molecule has 0 spiro atoms. The molecular formula is C13H14F3N7OS. The van der Waals surface area contributed by atoms with Crippen molar-refractivity contribution in [3.8, 4) is 0 Å². The first kappa shape index (κ1) is 17.5. The standard InChI is InChI=1S/C13H14F3N7OS/c14-13(15,16)10-20-21-12(25-10)19-9(24)8-22-4-6-23(7-5-22)11-17-2-1-3-18-11/h1-3H,4-8H2,(H,19,21,24). The summed E-state index contributed by atoms with van der Waals surface area (Å²) in [7, 11) is 0. The molecule has 1 fully saturated rings. The van der Waals surface area contributed by atoms with Crippen LogP contribution in [-0.2, 0) is 11.0 Å². The van der Waals surface area contributed by atoms with Crippen LogP contribution in [0, 0.1) is 0 Å². The monoisotopic (exact) mass is 373 g/mol. The van der Waals surface area contributed by atoms with Crippen LogP contribution in [0.3, 0.4) is 0 Å². The van der Waals surface area contributed by atoms with E-state index in [1.54, 1.807) is 18.5 Å². The molecule has 1 saturated heterocycles. The van der Waals surface area contributed by atoms with Gasteiger partial charge in [0.05, 0.1) is 6.54 Å². The van der Waals surface area contributed by atoms with Crippen LogP contribution in [0.25, 0.3) is 0 Å². The molecule has 3 heterocycles. The molecule has 3 rings (SSSR count). The zero-order valence-electron chi connectivity index (χ0n) is 12.9. The maximum absolute atomic E-state index is 12.5. The van der Waals surface area contributed by atoms with E-state index in [4.69, 9.17) is 0 Å². The third kappa shape index (κ3) is 4.60. The Hall–Kier alpha value is -2.34. The number of carbonyl (C=O) groups is 1. The van der Waals surface area contributed by atoms with Gasteiger partial charge in [0, 0.05) is 38.6 Å². The number of piperazine rings is 1. The second-order valence-corrected chi connectivity index (χ2v) is 6.25. The minimum atomic E-state index is -4.56. The van der Waals surface area contributed by atoms with Gasteiger partial charge in [0.1, 0.15) is 0 Å². The Kier molecular flexibility index (Phi) is 5.08. The highest BCUT2D eigenvalue weighted by Gasteiger charge is 2.35. The van der Waals surface area contributed by atoms with Gasteiger partial charge < -0.3 is 4.90 Å². The largest absolute Gasteiger partial charge is 0.445 e. The van der Waals surface area contributed by atoms with Gasteiger partial charge in [0.15, 0.2) is 0 Å². The van der Waals surface area contributed by atoms with Gasteiger partial charge in [-0.05, 0) is 6.07 Å². The molecule has 0 aliphatic carbocycles. The smallest absolute Gasteiger partial charge is 0.338 e. The van der Waals surface area contributed by atoms with Crippen LogP contribution in [0.5, 0.6) is 0 Å². The van der Waals surface area contributed by atoms with Crippen molar-refractivity contribution in [3.05, 3.63) is 23.5 Å². The number of rotatable bonds is 4. The molecular weight excluding hydrogens is 359 g/mol. The maximum atomic E-state index is 12.5. The van der Waals surface area contributed by atoms with E-state index in [0.29, 0.717) is 43.5 Å². The first-order valence-corrected chi connectivity index (χ1v) is 8.18. The van der Waals surface area contributed by atoms with E-state index < -0.39 is 17.1 Å². The highest BCUT2D eigenvalue weighted by molar-refractivity contribution is 7.15. The van der Waals surface area contributed by atoms with E-state index in [2.05, 4.69) is 25.5 Å². The fraction of sp³-hybridized carbons (Fsp3) is 0.462. The van der Waals surface area contributed by atoms with Crippen LogP contribution in [0.1, 0.15) is 5.01 Å². The maximum Gasteiger partial charge on any atom is 0.445 e. The van der Waals surface area contributed by atoms with Gasteiger partial charge in [-0.3, -0.25) is 15.0 Å². The molecule has 134 valence electrons. The Morgan fingerprint density at radius 3 is 2.44 bits per heavy atom. The summed E-state index contributed by atoms with van der Waals surface area (Å²) in [4.78, 5) is 24.2. The van der Waals surface area contributed by atoms with Gasteiger partial charge in [-0.15, -0.1) is 10.2 Å². The van der Waals surface area contributed by atoms with Gasteiger partial charge >= 0.3 is 6.18 Å². The normalized spacial score (nSPS) is 16.0. The highest BCUT2D eigenvalue weighted by Crippen LogP contribution is 2.32. The fourth-order valence-corrected chi connectivity index (χ4v) is 2.94. The minimum absolute atomic E-state index is 0.0738. The van der Waals surface area contributed by atoms with Crippen LogP contribution in [0.2, 0.25) is 0 Å². The molecule has 1 aliphatic heterocycles. The van der Waals surface area contributed by atoms with Crippen LogP contribution in [-0.4, -0.2) is 63.7 Å². The molecule has 0 radical (unpaired) electrons. The number of nitrogens with one attached hydrogen (secondary N) is 1. The van der Waals surface area contributed by atoms with E-state index in [-0.39, 0.29) is 11.7 Å². The lowest BCUT2D eigenvalue weighted by Crippen LogP contribution is -2.49. The summed E-state index contributed by atoms with van der Waals surface area (Å²) in [5.41, 5.74) is 0. The van der Waals surface area contributed by atoms with Crippen LogP contribution >= 0.6 is 11.3 Å². The van der Waals surface area contributed by atoms with Crippen molar-refractivity contribution in [2.75, 3.05) is 42.9 Å². The summed E-state index contributed by atoms with van der Waals surface area (Å²) < 4.78 is 37.4. The molecule has 1 aliphatic rings. The number of aromatic nitrogens is 4. The molecule has 0 aromatic carbocycles. The van der Waals surface area contributed by atoms with E-state index in [9.17, 15) is 18.0 Å².